The highest BCUT2D eigenvalue weighted by Gasteiger charge is 1.99. The van der Waals surface area contributed by atoms with Crippen molar-refractivity contribution in [2.75, 3.05) is 12.9 Å². The minimum absolute atomic E-state index is 0.875. The summed E-state index contributed by atoms with van der Waals surface area (Å²) in [5, 5.41) is 2.20. The molecule has 2 aromatic rings. The lowest BCUT2D eigenvalue weighted by molar-refractivity contribution is 0.415. The molecule has 2 rings (SSSR count). The Morgan fingerprint density at radius 3 is 2.87 bits per heavy atom. The summed E-state index contributed by atoms with van der Waals surface area (Å²) in [6.45, 7) is 2.13. The molecule has 0 atom stereocenters. The quantitative estimate of drug-likeness (QED) is 0.739. The molecule has 1 aromatic carbocycles. The molecule has 0 saturated heterocycles. The van der Waals surface area contributed by atoms with Crippen molar-refractivity contribution in [3.05, 3.63) is 30.3 Å². The maximum absolute atomic E-state index is 5.17. The van der Waals surface area contributed by atoms with E-state index in [9.17, 15) is 0 Å². The molecule has 0 radical (unpaired) electrons. The molecular weight excluding hydrogens is 206 g/mol. The minimum Gasteiger partial charge on any atom is -0.497 e. The average molecular weight is 219 g/mol. The van der Waals surface area contributed by atoms with Crippen molar-refractivity contribution in [3.63, 3.8) is 0 Å². The fourth-order valence-electron chi connectivity index (χ4n) is 1.44. The molecule has 3 heteroatoms. The maximum atomic E-state index is 5.17. The Kier molecular flexibility index (Phi) is 3.11. The topological polar surface area (TPSA) is 22.1 Å². The Morgan fingerprint density at radius 2 is 2.13 bits per heavy atom. The van der Waals surface area contributed by atoms with Crippen molar-refractivity contribution in [1.82, 2.24) is 4.98 Å². The Bertz CT molecular complexity index is 470. The number of fused-ring (bicyclic) bond motifs is 1. The van der Waals surface area contributed by atoms with Crippen LogP contribution in [0.5, 0.6) is 5.75 Å². The number of aromatic nitrogens is 1. The highest BCUT2D eigenvalue weighted by atomic mass is 32.2. The molecule has 0 bridgehead atoms. The van der Waals surface area contributed by atoms with Gasteiger partial charge in [-0.3, -0.25) is 0 Å². The van der Waals surface area contributed by atoms with Gasteiger partial charge in [0.05, 0.1) is 17.7 Å². The molecule has 0 aliphatic heterocycles. The monoisotopic (exact) mass is 219 g/mol. The van der Waals surface area contributed by atoms with Gasteiger partial charge < -0.3 is 4.74 Å². The molecule has 0 unspecified atom stereocenters. The van der Waals surface area contributed by atoms with Crippen LogP contribution in [0.1, 0.15) is 6.92 Å². The summed E-state index contributed by atoms with van der Waals surface area (Å²) < 4.78 is 5.17. The van der Waals surface area contributed by atoms with Crippen LogP contribution in [0, 0.1) is 0 Å². The van der Waals surface area contributed by atoms with E-state index in [-0.39, 0.29) is 0 Å². The first kappa shape index (κ1) is 10.3. The first-order chi connectivity index (χ1) is 7.33. The SMILES string of the molecule is CCSc1ccc2cc(OC)ccc2n1. The minimum atomic E-state index is 0.875. The fourth-order valence-corrected chi connectivity index (χ4v) is 2.06. The zero-order valence-electron chi connectivity index (χ0n) is 8.86. The highest BCUT2D eigenvalue weighted by molar-refractivity contribution is 7.99. The van der Waals surface area contributed by atoms with Crippen LogP contribution in [0.15, 0.2) is 35.4 Å². The first-order valence-corrected chi connectivity index (χ1v) is 5.89. The van der Waals surface area contributed by atoms with Gasteiger partial charge >= 0.3 is 0 Å². The number of pyridine rings is 1. The largest absolute Gasteiger partial charge is 0.497 e. The lowest BCUT2D eigenvalue weighted by Gasteiger charge is -2.03. The summed E-state index contributed by atoms with van der Waals surface area (Å²) in [5.41, 5.74) is 1.02. The van der Waals surface area contributed by atoms with Crippen LogP contribution in [-0.2, 0) is 0 Å². The summed E-state index contributed by atoms with van der Waals surface area (Å²) in [5.74, 6) is 1.93. The molecule has 0 saturated carbocycles. The molecule has 78 valence electrons. The van der Waals surface area contributed by atoms with E-state index in [1.165, 1.54) is 0 Å². The number of thioether (sulfide) groups is 1. The Balaban J connectivity index is 2.45. The number of ether oxygens (including phenoxy) is 1. The van der Waals surface area contributed by atoms with Gasteiger partial charge in [0.25, 0.3) is 0 Å². The lowest BCUT2D eigenvalue weighted by atomic mass is 10.2. The van der Waals surface area contributed by atoms with Gasteiger partial charge in [-0.25, -0.2) is 4.98 Å². The van der Waals surface area contributed by atoms with Crippen molar-refractivity contribution in [3.8, 4) is 5.75 Å². The summed E-state index contributed by atoms with van der Waals surface area (Å²) in [6.07, 6.45) is 0. The van der Waals surface area contributed by atoms with Crippen molar-refractivity contribution in [2.24, 2.45) is 0 Å². The molecule has 1 heterocycles. The molecule has 0 amide bonds. The number of hydrogen-bond donors (Lipinski definition) is 0. The third kappa shape index (κ3) is 2.23. The van der Waals surface area contributed by atoms with Gasteiger partial charge in [0.2, 0.25) is 0 Å². The fraction of sp³-hybridized carbons (Fsp3) is 0.250. The number of rotatable bonds is 3. The zero-order chi connectivity index (χ0) is 10.7. The van der Waals surface area contributed by atoms with Crippen molar-refractivity contribution in [2.45, 2.75) is 11.9 Å². The molecule has 0 aliphatic rings. The zero-order valence-corrected chi connectivity index (χ0v) is 9.67. The van der Waals surface area contributed by atoms with Gasteiger partial charge in [0, 0.05) is 5.39 Å². The molecule has 0 spiro atoms. The predicted octanol–water partition coefficient (Wildman–Crippen LogP) is 3.36. The normalized spacial score (nSPS) is 10.5. The Hall–Kier alpha value is -1.22. The number of benzene rings is 1. The maximum Gasteiger partial charge on any atom is 0.119 e. The van der Waals surface area contributed by atoms with E-state index in [0.717, 1.165) is 27.4 Å². The van der Waals surface area contributed by atoms with Crippen LogP contribution < -0.4 is 4.74 Å². The van der Waals surface area contributed by atoms with Crippen LogP contribution in [-0.4, -0.2) is 17.8 Å². The van der Waals surface area contributed by atoms with Crippen LogP contribution in [0.4, 0.5) is 0 Å². The highest BCUT2D eigenvalue weighted by Crippen LogP contribution is 2.23. The number of nitrogens with zero attached hydrogens (tertiary/aromatic N) is 1. The van der Waals surface area contributed by atoms with Crippen molar-refractivity contribution >= 4 is 22.7 Å². The van der Waals surface area contributed by atoms with E-state index >= 15 is 0 Å². The van der Waals surface area contributed by atoms with Gasteiger partial charge in [0.15, 0.2) is 0 Å². The van der Waals surface area contributed by atoms with Crippen LogP contribution in [0.3, 0.4) is 0 Å². The van der Waals surface area contributed by atoms with E-state index in [2.05, 4.69) is 24.0 Å². The van der Waals surface area contributed by atoms with Gasteiger partial charge in [0.1, 0.15) is 5.75 Å². The van der Waals surface area contributed by atoms with Gasteiger partial charge in [-0.05, 0) is 36.1 Å². The second-order valence-corrected chi connectivity index (χ2v) is 4.43. The molecule has 1 aromatic heterocycles. The molecule has 0 N–H and O–H groups in total. The lowest BCUT2D eigenvalue weighted by Crippen LogP contribution is -1.85. The molecular formula is C12H13NOS. The van der Waals surface area contributed by atoms with Crippen LogP contribution in [0.2, 0.25) is 0 Å². The second kappa shape index (κ2) is 4.53. The van der Waals surface area contributed by atoms with Crippen molar-refractivity contribution < 1.29 is 4.74 Å². The first-order valence-electron chi connectivity index (χ1n) is 4.91. The third-order valence-electron chi connectivity index (χ3n) is 2.16. The number of methoxy groups -OCH3 is 1. The molecule has 15 heavy (non-hydrogen) atoms. The van der Waals surface area contributed by atoms with E-state index in [1.807, 2.05) is 18.2 Å². The summed E-state index contributed by atoms with van der Waals surface area (Å²) >= 11 is 1.76. The van der Waals surface area contributed by atoms with E-state index in [1.54, 1.807) is 18.9 Å². The van der Waals surface area contributed by atoms with E-state index in [0.29, 0.717) is 0 Å². The van der Waals surface area contributed by atoms with Crippen LogP contribution >= 0.6 is 11.8 Å². The summed E-state index contributed by atoms with van der Waals surface area (Å²) in [6, 6.07) is 10.1. The smallest absolute Gasteiger partial charge is 0.119 e. The predicted molar refractivity (Wildman–Crippen MR) is 64.7 cm³/mol. The van der Waals surface area contributed by atoms with E-state index in [4.69, 9.17) is 4.74 Å². The van der Waals surface area contributed by atoms with Gasteiger partial charge in [-0.1, -0.05) is 6.92 Å². The molecule has 0 fully saturated rings. The average Bonchev–Trinajstić information content (AvgIpc) is 2.29. The Labute approximate surface area is 93.7 Å². The van der Waals surface area contributed by atoms with Gasteiger partial charge in [-0.15, -0.1) is 11.8 Å². The standard InChI is InChI=1S/C12H13NOS/c1-3-15-12-7-4-9-8-10(14-2)5-6-11(9)13-12/h4-8H,3H2,1-2H3. The second-order valence-electron chi connectivity index (χ2n) is 3.14. The number of hydrogen-bond acceptors (Lipinski definition) is 3. The van der Waals surface area contributed by atoms with Crippen LogP contribution in [0.25, 0.3) is 10.9 Å². The van der Waals surface area contributed by atoms with Crippen molar-refractivity contribution in [1.29, 1.82) is 0 Å². The third-order valence-corrected chi connectivity index (χ3v) is 2.97. The molecule has 0 aliphatic carbocycles. The summed E-state index contributed by atoms with van der Waals surface area (Å²) in [7, 11) is 1.68. The van der Waals surface area contributed by atoms with E-state index < -0.39 is 0 Å². The summed E-state index contributed by atoms with van der Waals surface area (Å²) in [4.78, 5) is 4.55. The molecule has 2 nitrogen and oxygen atoms in total. The van der Waals surface area contributed by atoms with Gasteiger partial charge in [-0.2, -0.15) is 0 Å². The Morgan fingerprint density at radius 1 is 1.27 bits per heavy atom.